The summed E-state index contributed by atoms with van der Waals surface area (Å²) in [5, 5.41) is 5.16. The van der Waals surface area contributed by atoms with Gasteiger partial charge < -0.3 is 10.3 Å². The van der Waals surface area contributed by atoms with E-state index in [0.29, 0.717) is 6.04 Å². The van der Waals surface area contributed by atoms with E-state index in [4.69, 9.17) is 0 Å². The highest BCUT2D eigenvalue weighted by Gasteiger charge is 2.23. The Morgan fingerprint density at radius 1 is 1.32 bits per heavy atom. The Kier molecular flexibility index (Phi) is 3.61. The van der Waals surface area contributed by atoms with Crippen molar-refractivity contribution in [3.63, 3.8) is 0 Å². The number of aromatic amines is 1. The van der Waals surface area contributed by atoms with Gasteiger partial charge in [-0.1, -0.05) is 32.0 Å². The van der Waals surface area contributed by atoms with Crippen molar-refractivity contribution in [3.8, 4) is 0 Å². The van der Waals surface area contributed by atoms with Gasteiger partial charge in [0.25, 0.3) is 0 Å². The first-order chi connectivity index (χ1) is 9.25. The number of nitrogens with one attached hydrogen (secondary N) is 2. The Hall–Kier alpha value is -1.28. The fourth-order valence-electron chi connectivity index (χ4n) is 3.17. The van der Waals surface area contributed by atoms with Gasteiger partial charge in [-0.25, -0.2) is 0 Å². The van der Waals surface area contributed by atoms with Gasteiger partial charge in [0.15, 0.2) is 0 Å². The maximum atomic E-state index is 3.74. The van der Waals surface area contributed by atoms with Gasteiger partial charge in [0.1, 0.15) is 0 Å². The highest BCUT2D eigenvalue weighted by atomic mass is 14.9. The summed E-state index contributed by atoms with van der Waals surface area (Å²) >= 11 is 0. The van der Waals surface area contributed by atoms with Gasteiger partial charge in [-0.3, -0.25) is 0 Å². The molecule has 1 aromatic heterocycles. The van der Waals surface area contributed by atoms with Gasteiger partial charge in [-0.15, -0.1) is 0 Å². The monoisotopic (exact) mass is 256 g/mol. The van der Waals surface area contributed by atoms with E-state index in [-0.39, 0.29) is 0 Å². The number of para-hydroxylation sites is 1. The molecule has 1 aliphatic carbocycles. The molecule has 0 amide bonds. The number of rotatable bonds is 4. The van der Waals surface area contributed by atoms with Gasteiger partial charge in [0.2, 0.25) is 0 Å². The zero-order valence-electron chi connectivity index (χ0n) is 12.0. The van der Waals surface area contributed by atoms with Gasteiger partial charge >= 0.3 is 0 Å². The molecule has 3 rings (SSSR count). The molecule has 1 aliphatic rings. The molecule has 0 spiro atoms. The molecule has 0 radical (unpaired) electrons. The average molecular weight is 256 g/mol. The highest BCUT2D eigenvalue weighted by molar-refractivity contribution is 5.85. The van der Waals surface area contributed by atoms with Crippen LogP contribution in [-0.2, 0) is 6.42 Å². The number of aromatic nitrogens is 1. The third kappa shape index (κ3) is 2.55. The van der Waals surface area contributed by atoms with E-state index in [9.17, 15) is 0 Å². The van der Waals surface area contributed by atoms with Crippen LogP contribution in [0.5, 0.6) is 0 Å². The standard InChI is InChI=1S/C17H24N2/c1-12(2)10-11-18-16-9-5-7-14-13-6-3-4-8-15(13)19-17(14)16/h3-4,6,8,12,16,18-19H,5,7,9-11H2,1-2H3. The fourth-order valence-corrected chi connectivity index (χ4v) is 3.17. The first-order valence-electron chi connectivity index (χ1n) is 7.58. The SMILES string of the molecule is CC(C)CCNC1CCCc2c1[nH]c1ccccc21. The number of fused-ring (bicyclic) bond motifs is 3. The molecule has 2 nitrogen and oxygen atoms in total. The summed E-state index contributed by atoms with van der Waals surface area (Å²) in [6, 6.07) is 9.23. The van der Waals surface area contributed by atoms with Crippen molar-refractivity contribution in [1.29, 1.82) is 0 Å². The molecule has 0 saturated carbocycles. The van der Waals surface area contributed by atoms with Crippen molar-refractivity contribution < 1.29 is 0 Å². The summed E-state index contributed by atoms with van der Waals surface area (Å²) in [4.78, 5) is 3.64. The molecule has 0 aliphatic heterocycles. The summed E-state index contributed by atoms with van der Waals surface area (Å²) < 4.78 is 0. The second kappa shape index (κ2) is 5.38. The summed E-state index contributed by atoms with van der Waals surface area (Å²) in [7, 11) is 0. The van der Waals surface area contributed by atoms with Crippen LogP contribution in [0, 0.1) is 5.92 Å². The van der Waals surface area contributed by atoms with E-state index in [1.165, 1.54) is 42.3 Å². The predicted molar refractivity (Wildman–Crippen MR) is 81.4 cm³/mol. The van der Waals surface area contributed by atoms with Crippen molar-refractivity contribution in [2.75, 3.05) is 6.54 Å². The first-order valence-corrected chi connectivity index (χ1v) is 7.58. The molecule has 2 N–H and O–H groups in total. The lowest BCUT2D eigenvalue weighted by Gasteiger charge is -2.24. The lowest BCUT2D eigenvalue weighted by molar-refractivity contribution is 0.428. The Bertz CT molecular complexity index is 553. The van der Waals surface area contributed by atoms with E-state index in [2.05, 4.69) is 48.4 Å². The van der Waals surface area contributed by atoms with Crippen molar-refractivity contribution >= 4 is 10.9 Å². The van der Waals surface area contributed by atoms with Crippen LogP contribution in [0.2, 0.25) is 0 Å². The Morgan fingerprint density at radius 3 is 3.00 bits per heavy atom. The topological polar surface area (TPSA) is 27.8 Å². The van der Waals surface area contributed by atoms with Gasteiger partial charge in [0.05, 0.1) is 0 Å². The van der Waals surface area contributed by atoms with Gasteiger partial charge in [-0.2, -0.15) is 0 Å². The predicted octanol–water partition coefficient (Wildman–Crippen LogP) is 4.18. The largest absolute Gasteiger partial charge is 0.357 e. The molecule has 19 heavy (non-hydrogen) atoms. The molecular formula is C17H24N2. The number of hydrogen-bond acceptors (Lipinski definition) is 1. The maximum absolute atomic E-state index is 3.74. The molecule has 2 heteroatoms. The first kappa shape index (κ1) is 12.7. The van der Waals surface area contributed by atoms with Crippen molar-refractivity contribution in [3.05, 3.63) is 35.5 Å². The number of aryl methyl sites for hydroxylation is 1. The summed E-state index contributed by atoms with van der Waals surface area (Å²) in [6.07, 6.45) is 5.04. The van der Waals surface area contributed by atoms with E-state index in [0.717, 1.165) is 12.5 Å². The van der Waals surface area contributed by atoms with E-state index >= 15 is 0 Å². The van der Waals surface area contributed by atoms with Crippen molar-refractivity contribution in [2.24, 2.45) is 5.92 Å². The second-order valence-corrected chi connectivity index (χ2v) is 6.14. The van der Waals surface area contributed by atoms with Crippen molar-refractivity contribution in [1.82, 2.24) is 10.3 Å². The van der Waals surface area contributed by atoms with Crippen LogP contribution < -0.4 is 5.32 Å². The van der Waals surface area contributed by atoms with Crippen LogP contribution in [-0.4, -0.2) is 11.5 Å². The van der Waals surface area contributed by atoms with E-state index < -0.39 is 0 Å². The Labute approximate surface area is 115 Å². The third-order valence-corrected chi connectivity index (χ3v) is 4.23. The van der Waals surface area contributed by atoms with Crippen LogP contribution >= 0.6 is 0 Å². The normalized spacial score (nSPS) is 19.0. The number of hydrogen-bond donors (Lipinski definition) is 2. The lowest BCUT2D eigenvalue weighted by Crippen LogP contribution is -2.26. The smallest absolute Gasteiger partial charge is 0.0476 e. The van der Waals surface area contributed by atoms with Crippen molar-refractivity contribution in [2.45, 2.75) is 45.6 Å². The molecular weight excluding hydrogens is 232 g/mol. The van der Waals surface area contributed by atoms with E-state index in [1.807, 2.05) is 0 Å². The minimum Gasteiger partial charge on any atom is -0.357 e. The minimum absolute atomic E-state index is 0.523. The zero-order chi connectivity index (χ0) is 13.2. The molecule has 0 fully saturated rings. The molecule has 1 aromatic carbocycles. The van der Waals surface area contributed by atoms with Crippen LogP contribution in [0.15, 0.2) is 24.3 Å². The quantitative estimate of drug-likeness (QED) is 0.843. The minimum atomic E-state index is 0.523. The summed E-state index contributed by atoms with van der Waals surface area (Å²) in [6.45, 7) is 5.70. The lowest BCUT2D eigenvalue weighted by atomic mass is 9.91. The molecule has 0 saturated heterocycles. The third-order valence-electron chi connectivity index (χ3n) is 4.23. The average Bonchev–Trinajstić information content (AvgIpc) is 2.78. The molecule has 2 aromatic rings. The van der Waals surface area contributed by atoms with Crippen LogP contribution in [0.25, 0.3) is 10.9 Å². The van der Waals surface area contributed by atoms with Crippen LogP contribution in [0.4, 0.5) is 0 Å². The van der Waals surface area contributed by atoms with Gasteiger partial charge in [0, 0.05) is 22.6 Å². The number of benzene rings is 1. The second-order valence-electron chi connectivity index (χ2n) is 6.14. The molecule has 1 heterocycles. The zero-order valence-corrected chi connectivity index (χ0v) is 12.0. The highest BCUT2D eigenvalue weighted by Crippen LogP contribution is 2.34. The molecule has 0 bridgehead atoms. The Balaban J connectivity index is 1.83. The van der Waals surface area contributed by atoms with E-state index in [1.54, 1.807) is 5.56 Å². The number of H-pyrrole nitrogens is 1. The summed E-state index contributed by atoms with van der Waals surface area (Å²) in [5.41, 5.74) is 4.28. The van der Waals surface area contributed by atoms with Gasteiger partial charge in [-0.05, 0) is 49.8 Å². The fraction of sp³-hybridized carbons (Fsp3) is 0.529. The molecule has 1 atom stereocenters. The van der Waals surface area contributed by atoms with Crippen LogP contribution in [0.1, 0.15) is 50.4 Å². The maximum Gasteiger partial charge on any atom is 0.0476 e. The molecule has 102 valence electrons. The van der Waals surface area contributed by atoms with Crippen LogP contribution in [0.3, 0.4) is 0 Å². The molecule has 1 unspecified atom stereocenters. The Morgan fingerprint density at radius 2 is 2.16 bits per heavy atom. The summed E-state index contributed by atoms with van der Waals surface area (Å²) in [5.74, 6) is 0.776.